The van der Waals surface area contributed by atoms with Crippen LogP contribution in [-0.2, 0) is 14.6 Å². The van der Waals surface area contributed by atoms with Crippen LogP contribution in [0, 0.1) is 11.3 Å². The number of nitrogens with zero attached hydrogens (tertiary/aromatic N) is 2. The fourth-order valence-corrected chi connectivity index (χ4v) is 3.53. The van der Waals surface area contributed by atoms with Crippen molar-refractivity contribution in [3.63, 3.8) is 0 Å². The summed E-state index contributed by atoms with van der Waals surface area (Å²) in [6, 6.07) is 9.06. The Morgan fingerprint density at radius 1 is 1.29 bits per heavy atom. The van der Waals surface area contributed by atoms with Gasteiger partial charge in [-0.15, -0.1) is 0 Å². The summed E-state index contributed by atoms with van der Waals surface area (Å²) in [5.74, 6) is -0.229. The molecule has 0 aromatic heterocycles. The molecule has 0 bridgehead atoms. The van der Waals surface area contributed by atoms with Gasteiger partial charge in [-0.2, -0.15) is 5.26 Å². The second-order valence-corrected chi connectivity index (χ2v) is 7.68. The molecular formula is C16H19N3O4S. The summed E-state index contributed by atoms with van der Waals surface area (Å²) in [5, 5.41) is 20.2. The normalized spacial score (nSPS) is 17.2. The molecule has 24 heavy (non-hydrogen) atoms. The van der Waals surface area contributed by atoms with Gasteiger partial charge in [0.05, 0.1) is 18.1 Å². The molecule has 0 spiro atoms. The number of sulfone groups is 1. The SMILES string of the molecule is N#C/C(=C\c1ccc(N2CCS(=O)(=O)CC2)cc1)C(=O)NCCO. The molecule has 0 saturated carbocycles. The molecule has 1 amide bonds. The summed E-state index contributed by atoms with van der Waals surface area (Å²) in [7, 11) is -2.92. The number of hydrogen-bond acceptors (Lipinski definition) is 6. The maximum Gasteiger partial charge on any atom is 0.262 e. The molecule has 1 saturated heterocycles. The van der Waals surface area contributed by atoms with Crippen molar-refractivity contribution in [1.29, 1.82) is 5.26 Å². The Morgan fingerprint density at radius 3 is 2.46 bits per heavy atom. The van der Waals surface area contributed by atoms with Gasteiger partial charge < -0.3 is 15.3 Å². The fraction of sp³-hybridized carbons (Fsp3) is 0.375. The lowest BCUT2D eigenvalue weighted by atomic mass is 10.1. The molecule has 1 aromatic rings. The summed E-state index contributed by atoms with van der Waals surface area (Å²) in [5.41, 5.74) is 1.56. The molecular weight excluding hydrogens is 330 g/mol. The Bertz CT molecular complexity index is 750. The number of anilines is 1. The molecule has 2 N–H and O–H groups in total. The lowest BCUT2D eigenvalue weighted by Crippen LogP contribution is -2.40. The van der Waals surface area contributed by atoms with Gasteiger partial charge in [-0.05, 0) is 23.8 Å². The quantitative estimate of drug-likeness (QED) is 0.569. The van der Waals surface area contributed by atoms with E-state index in [1.54, 1.807) is 12.1 Å². The molecule has 128 valence electrons. The number of benzene rings is 1. The minimum atomic E-state index is -2.92. The minimum Gasteiger partial charge on any atom is -0.395 e. The summed E-state index contributed by atoms with van der Waals surface area (Å²) in [6.07, 6.45) is 1.47. The van der Waals surface area contributed by atoms with Crippen molar-refractivity contribution >= 4 is 27.5 Å². The van der Waals surface area contributed by atoms with Crippen LogP contribution in [0.5, 0.6) is 0 Å². The number of nitriles is 1. The van der Waals surface area contributed by atoms with Gasteiger partial charge in [-0.1, -0.05) is 12.1 Å². The number of carbonyl (C=O) groups excluding carboxylic acids is 1. The Morgan fingerprint density at radius 2 is 1.92 bits per heavy atom. The third kappa shape index (κ3) is 4.81. The van der Waals surface area contributed by atoms with E-state index in [0.29, 0.717) is 18.7 Å². The van der Waals surface area contributed by atoms with Gasteiger partial charge in [0.25, 0.3) is 5.91 Å². The van der Waals surface area contributed by atoms with Crippen LogP contribution in [0.25, 0.3) is 6.08 Å². The Balaban J connectivity index is 2.07. The van der Waals surface area contributed by atoms with E-state index < -0.39 is 15.7 Å². The average Bonchev–Trinajstić information content (AvgIpc) is 2.58. The average molecular weight is 349 g/mol. The molecule has 0 unspecified atom stereocenters. The number of amides is 1. The van der Waals surface area contributed by atoms with Crippen LogP contribution in [0.4, 0.5) is 5.69 Å². The molecule has 1 aliphatic heterocycles. The number of aliphatic hydroxyl groups is 1. The predicted molar refractivity (Wildman–Crippen MR) is 91.0 cm³/mol. The van der Waals surface area contributed by atoms with Gasteiger partial charge in [-0.3, -0.25) is 4.79 Å². The van der Waals surface area contributed by atoms with E-state index in [9.17, 15) is 13.2 Å². The summed E-state index contributed by atoms with van der Waals surface area (Å²) in [4.78, 5) is 13.7. The maximum absolute atomic E-state index is 11.7. The van der Waals surface area contributed by atoms with Crippen molar-refractivity contribution in [3.8, 4) is 6.07 Å². The number of rotatable bonds is 5. The van der Waals surface area contributed by atoms with Gasteiger partial charge in [0.2, 0.25) is 0 Å². The number of nitrogens with one attached hydrogen (secondary N) is 1. The topological polar surface area (TPSA) is 111 Å². The Labute approximate surface area is 141 Å². The van der Waals surface area contributed by atoms with Gasteiger partial charge in [0, 0.05) is 25.3 Å². The number of aliphatic hydroxyl groups excluding tert-OH is 1. The van der Waals surface area contributed by atoms with Crippen molar-refractivity contribution in [3.05, 3.63) is 35.4 Å². The first-order valence-corrected chi connectivity index (χ1v) is 9.33. The minimum absolute atomic E-state index is 0.0414. The molecule has 0 atom stereocenters. The van der Waals surface area contributed by atoms with Gasteiger partial charge in [0.1, 0.15) is 11.6 Å². The van der Waals surface area contributed by atoms with E-state index in [1.165, 1.54) is 6.08 Å². The van der Waals surface area contributed by atoms with Crippen LogP contribution in [0.1, 0.15) is 5.56 Å². The molecule has 1 fully saturated rings. The highest BCUT2D eigenvalue weighted by atomic mass is 32.2. The molecule has 2 rings (SSSR count). The van der Waals surface area contributed by atoms with Gasteiger partial charge in [-0.25, -0.2) is 8.42 Å². The smallest absolute Gasteiger partial charge is 0.262 e. The Kier molecular flexibility index (Phi) is 5.95. The molecule has 7 nitrogen and oxygen atoms in total. The van der Waals surface area contributed by atoms with Crippen LogP contribution in [0.3, 0.4) is 0 Å². The molecule has 0 aliphatic carbocycles. The molecule has 1 aromatic carbocycles. The molecule has 1 aliphatic rings. The fourth-order valence-electron chi connectivity index (χ4n) is 2.33. The zero-order chi connectivity index (χ0) is 17.6. The Hall–Kier alpha value is -2.37. The first kappa shape index (κ1) is 18.0. The van der Waals surface area contributed by atoms with E-state index in [-0.39, 0.29) is 30.2 Å². The van der Waals surface area contributed by atoms with E-state index in [2.05, 4.69) is 5.32 Å². The second-order valence-electron chi connectivity index (χ2n) is 5.38. The van der Waals surface area contributed by atoms with Gasteiger partial charge in [0.15, 0.2) is 9.84 Å². The number of hydrogen-bond donors (Lipinski definition) is 2. The van der Waals surface area contributed by atoms with Crippen LogP contribution >= 0.6 is 0 Å². The highest BCUT2D eigenvalue weighted by Crippen LogP contribution is 2.19. The second kappa shape index (κ2) is 7.95. The highest BCUT2D eigenvalue weighted by Gasteiger charge is 2.21. The van der Waals surface area contributed by atoms with Crippen molar-refractivity contribution in [2.45, 2.75) is 0 Å². The van der Waals surface area contributed by atoms with Crippen molar-refractivity contribution < 1.29 is 18.3 Å². The lowest BCUT2D eigenvalue weighted by molar-refractivity contribution is -0.117. The zero-order valence-electron chi connectivity index (χ0n) is 13.1. The number of carbonyl (C=O) groups is 1. The van der Waals surface area contributed by atoms with Crippen molar-refractivity contribution in [1.82, 2.24) is 5.32 Å². The summed E-state index contributed by atoms with van der Waals surface area (Å²) < 4.78 is 22.9. The monoisotopic (exact) mass is 349 g/mol. The first-order chi connectivity index (χ1) is 11.4. The predicted octanol–water partition coefficient (Wildman–Crippen LogP) is -0.0631. The first-order valence-electron chi connectivity index (χ1n) is 7.51. The van der Waals surface area contributed by atoms with Crippen LogP contribution in [0.2, 0.25) is 0 Å². The van der Waals surface area contributed by atoms with E-state index in [4.69, 9.17) is 10.4 Å². The van der Waals surface area contributed by atoms with E-state index in [1.807, 2.05) is 23.1 Å². The lowest BCUT2D eigenvalue weighted by Gasteiger charge is -2.28. The van der Waals surface area contributed by atoms with E-state index >= 15 is 0 Å². The molecule has 8 heteroatoms. The molecule has 1 heterocycles. The van der Waals surface area contributed by atoms with Crippen molar-refractivity contribution in [2.24, 2.45) is 0 Å². The summed E-state index contributed by atoms with van der Waals surface area (Å²) >= 11 is 0. The zero-order valence-corrected chi connectivity index (χ0v) is 13.9. The standard InChI is InChI=1S/C16H19N3O4S/c17-12-14(16(21)18-5-8-20)11-13-1-3-15(4-2-13)19-6-9-24(22,23)10-7-19/h1-4,11,20H,5-10H2,(H,18,21)/b14-11+. The van der Waals surface area contributed by atoms with E-state index in [0.717, 1.165) is 5.69 Å². The maximum atomic E-state index is 11.7. The van der Waals surface area contributed by atoms with Crippen LogP contribution in [-0.4, -0.2) is 57.2 Å². The van der Waals surface area contributed by atoms with Crippen LogP contribution in [0.15, 0.2) is 29.8 Å². The highest BCUT2D eigenvalue weighted by molar-refractivity contribution is 7.91. The van der Waals surface area contributed by atoms with Crippen LogP contribution < -0.4 is 10.2 Å². The summed E-state index contributed by atoms with van der Waals surface area (Å²) in [6.45, 7) is 0.828. The third-order valence-corrected chi connectivity index (χ3v) is 5.29. The third-order valence-electron chi connectivity index (χ3n) is 3.68. The largest absolute Gasteiger partial charge is 0.395 e. The molecule has 0 radical (unpaired) electrons. The van der Waals surface area contributed by atoms with Crippen molar-refractivity contribution in [2.75, 3.05) is 42.6 Å². The van der Waals surface area contributed by atoms with Gasteiger partial charge >= 0.3 is 0 Å².